The van der Waals surface area contributed by atoms with Crippen molar-refractivity contribution in [1.82, 2.24) is 4.98 Å². The summed E-state index contributed by atoms with van der Waals surface area (Å²) in [5.74, 6) is 2.04. The third-order valence-electron chi connectivity index (χ3n) is 2.84. The van der Waals surface area contributed by atoms with Gasteiger partial charge in [0.25, 0.3) is 0 Å². The summed E-state index contributed by atoms with van der Waals surface area (Å²) in [6, 6.07) is 9.23. The van der Waals surface area contributed by atoms with Gasteiger partial charge in [-0.05, 0) is 29.8 Å². The van der Waals surface area contributed by atoms with Gasteiger partial charge in [-0.25, -0.2) is 4.98 Å². The maximum atomic E-state index is 5.72. The zero-order chi connectivity index (χ0) is 13.9. The molecule has 2 N–H and O–H groups in total. The van der Waals surface area contributed by atoms with Crippen molar-refractivity contribution in [3.63, 3.8) is 0 Å². The first-order valence-corrected chi connectivity index (χ1v) is 6.41. The van der Waals surface area contributed by atoms with Crippen LogP contribution in [0.15, 0.2) is 36.5 Å². The lowest BCUT2D eigenvalue weighted by atomic mass is 10.2. The van der Waals surface area contributed by atoms with Crippen molar-refractivity contribution in [3.8, 4) is 17.2 Å². The number of nitrogens with zero attached hydrogens (tertiary/aromatic N) is 1. The Bertz CT molecular complexity index is 661. The van der Waals surface area contributed by atoms with E-state index in [-0.39, 0.29) is 11.8 Å². The monoisotopic (exact) mass is 288 g/mol. The van der Waals surface area contributed by atoms with Gasteiger partial charge >= 0.3 is 0 Å². The van der Waals surface area contributed by atoms with E-state index in [2.05, 4.69) is 4.98 Å². The maximum absolute atomic E-state index is 5.72. The summed E-state index contributed by atoms with van der Waals surface area (Å²) in [5.41, 5.74) is 7.06. The Morgan fingerprint density at radius 1 is 1.30 bits per heavy atom. The molecule has 20 heavy (non-hydrogen) atoms. The van der Waals surface area contributed by atoms with Crippen LogP contribution in [0.3, 0.4) is 0 Å². The first-order valence-electron chi connectivity index (χ1n) is 6.00. The second-order valence-corrected chi connectivity index (χ2v) is 4.63. The molecule has 0 unspecified atom stereocenters. The molecule has 0 atom stereocenters. The maximum Gasteiger partial charge on any atom is 0.231 e. The number of aromatic nitrogens is 1. The summed E-state index contributed by atoms with van der Waals surface area (Å²) in [6.07, 6.45) is 1.63. The van der Waals surface area contributed by atoms with Crippen molar-refractivity contribution >= 4 is 17.2 Å². The molecule has 0 saturated carbocycles. The molecule has 1 aromatic carbocycles. The highest BCUT2D eigenvalue weighted by Crippen LogP contribution is 2.32. The summed E-state index contributed by atoms with van der Waals surface area (Å²) < 4.78 is 16.3. The van der Waals surface area contributed by atoms with E-state index >= 15 is 0 Å². The zero-order valence-corrected chi connectivity index (χ0v) is 11.4. The molecular formula is C14H12N2O3S. The van der Waals surface area contributed by atoms with Gasteiger partial charge in [-0.15, -0.1) is 0 Å². The molecule has 2 heterocycles. The summed E-state index contributed by atoms with van der Waals surface area (Å²) in [4.78, 5) is 4.33. The lowest BCUT2D eigenvalue weighted by molar-refractivity contribution is 0.174. The number of nitrogens with two attached hydrogens (primary N) is 1. The van der Waals surface area contributed by atoms with Crippen LogP contribution in [-0.2, 0) is 6.61 Å². The van der Waals surface area contributed by atoms with Gasteiger partial charge in [0.05, 0.1) is 0 Å². The Balaban J connectivity index is 1.75. The Kier molecular flexibility index (Phi) is 3.39. The van der Waals surface area contributed by atoms with Crippen LogP contribution in [0.1, 0.15) is 11.3 Å². The molecule has 0 saturated heterocycles. The minimum atomic E-state index is 0.214. The quantitative estimate of drug-likeness (QED) is 0.868. The predicted molar refractivity (Wildman–Crippen MR) is 77.0 cm³/mol. The van der Waals surface area contributed by atoms with E-state index in [1.54, 1.807) is 18.3 Å². The second-order valence-electron chi connectivity index (χ2n) is 4.19. The van der Waals surface area contributed by atoms with E-state index in [4.69, 9.17) is 32.2 Å². The van der Waals surface area contributed by atoms with Gasteiger partial charge in [-0.2, -0.15) is 0 Å². The number of rotatable bonds is 4. The number of benzene rings is 1. The van der Waals surface area contributed by atoms with E-state index < -0.39 is 0 Å². The minimum Gasteiger partial charge on any atom is -0.487 e. The topological polar surface area (TPSA) is 66.6 Å². The summed E-state index contributed by atoms with van der Waals surface area (Å²) in [5, 5.41) is 0. The van der Waals surface area contributed by atoms with Gasteiger partial charge in [0, 0.05) is 6.20 Å². The fourth-order valence-corrected chi connectivity index (χ4v) is 2.04. The minimum absolute atomic E-state index is 0.214. The Labute approximate surface area is 121 Å². The molecule has 1 aliphatic rings. The van der Waals surface area contributed by atoms with Crippen LogP contribution in [0.2, 0.25) is 0 Å². The van der Waals surface area contributed by atoms with Crippen LogP contribution in [0.4, 0.5) is 0 Å². The molecule has 1 aromatic heterocycles. The average Bonchev–Trinajstić information content (AvgIpc) is 2.92. The van der Waals surface area contributed by atoms with Gasteiger partial charge in [0.15, 0.2) is 11.5 Å². The van der Waals surface area contributed by atoms with Gasteiger partial charge in [0.2, 0.25) is 6.79 Å². The van der Waals surface area contributed by atoms with Crippen molar-refractivity contribution in [2.75, 3.05) is 6.79 Å². The van der Waals surface area contributed by atoms with Crippen LogP contribution < -0.4 is 19.9 Å². The molecule has 0 radical (unpaired) electrons. The fraction of sp³-hybridized carbons (Fsp3) is 0.143. The van der Waals surface area contributed by atoms with Gasteiger partial charge in [-0.3, -0.25) is 0 Å². The largest absolute Gasteiger partial charge is 0.487 e. The van der Waals surface area contributed by atoms with E-state index in [0.717, 1.165) is 17.1 Å². The lowest BCUT2D eigenvalue weighted by Gasteiger charge is -2.10. The predicted octanol–water partition coefficient (Wildman–Crippen LogP) is 2.02. The molecule has 0 spiro atoms. The van der Waals surface area contributed by atoms with Crippen LogP contribution in [0.5, 0.6) is 17.2 Å². The third kappa shape index (κ3) is 2.50. The molecule has 5 nitrogen and oxygen atoms in total. The van der Waals surface area contributed by atoms with Gasteiger partial charge < -0.3 is 19.9 Å². The zero-order valence-electron chi connectivity index (χ0n) is 10.5. The Morgan fingerprint density at radius 2 is 2.15 bits per heavy atom. The molecule has 0 amide bonds. The lowest BCUT2D eigenvalue weighted by Crippen LogP contribution is -2.13. The normalized spacial score (nSPS) is 12.2. The van der Waals surface area contributed by atoms with Crippen LogP contribution in [0, 0.1) is 0 Å². The van der Waals surface area contributed by atoms with Gasteiger partial charge in [0.1, 0.15) is 23.0 Å². The number of pyridine rings is 1. The number of hydrogen-bond acceptors (Lipinski definition) is 5. The SMILES string of the molecule is NC(=S)c1ncccc1OCc1ccc2c(c1)OCO2. The van der Waals surface area contributed by atoms with Crippen molar-refractivity contribution in [2.45, 2.75) is 6.61 Å². The molecule has 0 bridgehead atoms. The number of ether oxygens (including phenoxy) is 3. The molecule has 6 heteroatoms. The van der Waals surface area contributed by atoms with Crippen LogP contribution in [0.25, 0.3) is 0 Å². The first kappa shape index (κ1) is 12.7. The van der Waals surface area contributed by atoms with Crippen molar-refractivity contribution in [1.29, 1.82) is 0 Å². The summed E-state index contributed by atoms with van der Waals surface area (Å²) >= 11 is 4.94. The average molecular weight is 288 g/mol. The molecule has 1 aliphatic heterocycles. The number of fused-ring (bicyclic) bond motifs is 1. The summed E-state index contributed by atoms with van der Waals surface area (Å²) in [7, 11) is 0. The van der Waals surface area contributed by atoms with Crippen molar-refractivity contribution in [2.24, 2.45) is 5.73 Å². The van der Waals surface area contributed by atoms with E-state index in [9.17, 15) is 0 Å². The van der Waals surface area contributed by atoms with Crippen LogP contribution in [-0.4, -0.2) is 16.8 Å². The highest BCUT2D eigenvalue weighted by Gasteiger charge is 2.14. The fourth-order valence-electron chi connectivity index (χ4n) is 1.88. The van der Waals surface area contributed by atoms with E-state index in [1.165, 1.54) is 0 Å². The standard InChI is InChI=1S/C14H12N2O3S/c15-14(20)13-11(2-1-5-16-13)17-7-9-3-4-10-12(6-9)19-8-18-10/h1-6H,7-8H2,(H2,15,20). The van der Waals surface area contributed by atoms with Gasteiger partial charge in [-0.1, -0.05) is 18.3 Å². The Morgan fingerprint density at radius 3 is 3.00 bits per heavy atom. The van der Waals surface area contributed by atoms with E-state index in [0.29, 0.717) is 18.1 Å². The smallest absolute Gasteiger partial charge is 0.231 e. The molecule has 0 aliphatic carbocycles. The molecule has 3 rings (SSSR count). The summed E-state index contributed by atoms with van der Waals surface area (Å²) in [6.45, 7) is 0.631. The van der Waals surface area contributed by atoms with E-state index in [1.807, 2.05) is 18.2 Å². The number of hydrogen-bond donors (Lipinski definition) is 1. The highest BCUT2D eigenvalue weighted by molar-refractivity contribution is 7.80. The highest BCUT2D eigenvalue weighted by atomic mass is 32.1. The van der Waals surface area contributed by atoms with Crippen molar-refractivity contribution in [3.05, 3.63) is 47.8 Å². The third-order valence-corrected chi connectivity index (χ3v) is 3.03. The molecule has 102 valence electrons. The molecule has 2 aromatic rings. The molecule has 0 fully saturated rings. The number of thiocarbonyl (C=S) groups is 1. The Hall–Kier alpha value is -2.34. The molecular weight excluding hydrogens is 276 g/mol. The second kappa shape index (κ2) is 5.34. The van der Waals surface area contributed by atoms with Crippen LogP contribution >= 0.6 is 12.2 Å². The van der Waals surface area contributed by atoms with Crippen molar-refractivity contribution < 1.29 is 14.2 Å². The first-order chi connectivity index (χ1) is 9.74.